The lowest BCUT2D eigenvalue weighted by Crippen LogP contribution is -2.30. The van der Waals surface area contributed by atoms with Crippen LogP contribution in [0.4, 0.5) is 0 Å². The molecule has 0 rings (SSSR count). The maximum absolute atomic E-state index is 12.7. The Labute approximate surface area is 352 Å². The van der Waals surface area contributed by atoms with Gasteiger partial charge < -0.3 is 14.2 Å². The maximum Gasteiger partial charge on any atom is 0.306 e. The van der Waals surface area contributed by atoms with Crippen LogP contribution in [0.25, 0.3) is 0 Å². The Balaban J connectivity index is 4.35. The average molecular weight is 799 g/mol. The van der Waals surface area contributed by atoms with Crippen LogP contribution in [0.1, 0.15) is 239 Å². The van der Waals surface area contributed by atoms with Crippen LogP contribution in [0.2, 0.25) is 0 Å². The Hall–Kier alpha value is -2.63. The topological polar surface area (TPSA) is 78.9 Å². The summed E-state index contributed by atoms with van der Waals surface area (Å²) >= 11 is 0. The van der Waals surface area contributed by atoms with E-state index in [1.807, 2.05) is 0 Å². The van der Waals surface area contributed by atoms with Crippen molar-refractivity contribution in [3.8, 4) is 0 Å². The molecule has 0 aromatic heterocycles. The molecule has 0 N–H and O–H groups in total. The first-order valence-corrected chi connectivity index (χ1v) is 24.1. The molecule has 0 aromatic carbocycles. The van der Waals surface area contributed by atoms with Gasteiger partial charge in [0.2, 0.25) is 0 Å². The molecule has 0 aromatic rings. The lowest BCUT2D eigenvalue weighted by molar-refractivity contribution is -0.167. The summed E-state index contributed by atoms with van der Waals surface area (Å²) in [5.41, 5.74) is 0. The second-order valence-corrected chi connectivity index (χ2v) is 16.0. The van der Waals surface area contributed by atoms with Crippen LogP contribution in [0.3, 0.4) is 0 Å². The fourth-order valence-electron chi connectivity index (χ4n) is 6.68. The number of carbonyl (C=O) groups is 3. The Morgan fingerprint density at radius 1 is 0.368 bits per heavy atom. The quantitative estimate of drug-likeness (QED) is 0.0265. The Bertz CT molecular complexity index is 1010. The monoisotopic (exact) mass is 799 g/mol. The van der Waals surface area contributed by atoms with Crippen molar-refractivity contribution in [1.29, 1.82) is 0 Å². The van der Waals surface area contributed by atoms with Gasteiger partial charge in [-0.3, -0.25) is 14.4 Å². The second kappa shape index (κ2) is 46.1. The van der Waals surface area contributed by atoms with Crippen molar-refractivity contribution in [1.82, 2.24) is 0 Å². The number of hydrogen-bond acceptors (Lipinski definition) is 6. The van der Waals surface area contributed by atoms with Gasteiger partial charge >= 0.3 is 17.9 Å². The Morgan fingerprint density at radius 3 is 1.19 bits per heavy atom. The van der Waals surface area contributed by atoms with E-state index in [1.165, 1.54) is 122 Å². The van der Waals surface area contributed by atoms with E-state index in [0.29, 0.717) is 19.3 Å². The standard InChI is InChI=1S/C51H90O6/c1-4-7-10-13-16-19-22-23-24-25-26-27-30-32-35-38-41-44-50(53)56-47-48(57-51(54)45-42-39-36-33-29-21-18-15-12-9-6-3)46-55-49(52)43-40-37-34-31-28-20-17-14-11-8-5-2/h9,12,14,17-18,21,33,36,48H,4-8,10-11,13,15-16,19-20,22-32,34-35,37-47H2,1-3H3/b12-9-,17-14-,21-18-,36-33-. The van der Waals surface area contributed by atoms with Gasteiger partial charge in [0.05, 0.1) is 0 Å². The van der Waals surface area contributed by atoms with Gasteiger partial charge in [0, 0.05) is 19.3 Å². The van der Waals surface area contributed by atoms with Crippen molar-refractivity contribution in [2.75, 3.05) is 13.2 Å². The molecular formula is C51H90O6. The van der Waals surface area contributed by atoms with Crippen LogP contribution in [-0.2, 0) is 28.6 Å². The minimum absolute atomic E-state index is 0.0939. The number of allylic oxidation sites excluding steroid dienone is 8. The largest absolute Gasteiger partial charge is 0.462 e. The van der Waals surface area contributed by atoms with Crippen molar-refractivity contribution in [2.24, 2.45) is 0 Å². The van der Waals surface area contributed by atoms with Gasteiger partial charge in [-0.05, 0) is 64.2 Å². The van der Waals surface area contributed by atoms with Crippen LogP contribution >= 0.6 is 0 Å². The van der Waals surface area contributed by atoms with Gasteiger partial charge in [-0.1, -0.05) is 204 Å². The lowest BCUT2D eigenvalue weighted by Gasteiger charge is -2.18. The second-order valence-electron chi connectivity index (χ2n) is 16.0. The summed E-state index contributed by atoms with van der Waals surface area (Å²) in [6, 6.07) is 0. The molecule has 0 spiro atoms. The summed E-state index contributed by atoms with van der Waals surface area (Å²) in [6.07, 6.45) is 53.9. The molecule has 6 heteroatoms. The molecule has 0 heterocycles. The molecule has 0 aliphatic rings. The van der Waals surface area contributed by atoms with E-state index < -0.39 is 6.10 Å². The molecule has 1 atom stereocenters. The molecule has 57 heavy (non-hydrogen) atoms. The highest BCUT2D eigenvalue weighted by molar-refractivity contribution is 5.71. The Kier molecular flexibility index (Phi) is 43.9. The van der Waals surface area contributed by atoms with Gasteiger partial charge in [0.1, 0.15) is 13.2 Å². The lowest BCUT2D eigenvalue weighted by atomic mass is 10.0. The van der Waals surface area contributed by atoms with Crippen molar-refractivity contribution in [3.05, 3.63) is 48.6 Å². The number of hydrogen-bond donors (Lipinski definition) is 0. The van der Waals surface area contributed by atoms with Crippen LogP contribution < -0.4 is 0 Å². The predicted octanol–water partition coefficient (Wildman–Crippen LogP) is 15.5. The minimum atomic E-state index is -0.797. The third-order valence-electron chi connectivity index (χ3n) is 10.3. The maximum atomic E-state index is 12.7. The van der Waals surface area contributed by atoms with E-state index >= 15 is 0 Å². The van der Waals surface area contributed by atoms with Gasteiger partial charge in [-0.2, -0.15) is 0 Å². The zero-order chi connectivity index (χ0) is 41.5. The summed E-state index contributed by atoms with van der Waals surface area (Å²) in [4.78, 5) is 37.7. The first-order valence-electron chi connectivity index (χ1n) is 24.1. The smallest absolute Gasteiger partial charge is 0.306 e. The molecular weight excluding hydrogens is 709 g/mol. The van der Waals surface area contributed by atoms with Crippen molar-refractivity contribution in [3.63, 3.8) is 0 Å². The molecule has 0 bridgehead atoms. The average Bonchev–Trinajstić information content (AvgIpc) is 3.21. The van der Waals surface area contributed by atoms with Gasteiger partial charge in [-0.15, -0.1) is 0 Å². The van der Waals surface area contributed by atoms with Gasteiger partial charge in [-0.25, -0.2) is 0 Å². The summed E-state index contributed by atoms with van der Waals surface area (Å²) in [5.74, 6) is -0.956. The number of carbonyl (C=O) groups excluding carboxylic acids is 3. The molecule has 0 amide bonds. The minimum Gasteiger partial charge on any atom is -0.462 e. The number of esters is 3. The molecule has 6 nitrogen and oxygen atoms in total. The highest BCUT2D eigenvalue weighted by atomic mass is 16.6. The number of rotatable bonds is 43. The summed E-state index contributed by atoms with van der Waals surface area (Å²) < 4.78 is 16.7. The molecule has 330 valence electrons. The van der Waals surface area contributed by atoms with E-state index in [9.17, 15) is 14.4 Å². The Morgan fingerprint density at radius 2 is 0.719 bits per heavy atom. The summed E-state index contributed by atoms with van der Waals surface area (Å²) in [6.45, 7) is 6.43. The van der Waals surface area contributed by atoms with Crippen molar-refractivity contribution in [2.45, 2.75) is 245 Å². The zero-order valence-corrected chi connectivity index (χ0v) is 37.6. The third-order valence-corrected chi connectivity index (χ3v) is 10.3. The molecule has 1 unspecified atom stereocenters. The highest BCUT2D eigenvalue weighted by Gasteiger charge is 2.19. The first kappa shape index (κ1) is 54.4. The summed E-state index contributed by atoms with van der Waals surface area (Å²) in [5, 5.41) is 0. The van der Waals surface area contributed by atoms with E-state index in [0.717, 1.165) is 70.6 Å². The molecule has 0 saturated carbocycles. The van der Waals surface area contributed by atoms with E-state index in [1.54, 1.807) is 0 Å². The number of ether oxygens (including phenoxy) is 3. The summed E-state index contributed by atoms with van der Waals surface area (Å²) in [7, 11) is 0. The van der Waals surface area contributed by atoms with Crippen molar-refractivity contribution >= 4 is 17.9 Å². The van der Waals surface area contributed by atoms with Gasteiger partial charge in [0.25, 0.3) is 0 Å². The third kappa shape index (κ3) is 44.3. The predicted molar refractivity (Wildman–Crippen MR) is 242 cm³/mol. The molecule has 0 aliphatic carbocycles. The number of unbranched alkanes of at least 4 members (excludes halogenated alkanes) is 24. The molecule has 0 fully saturated rings. The van der Waals surface area contributed by atoms with Crippen LogP contribution in [0.5, 0.6) is 0 Å². The van der Waals surface area contributed by atoms with Gasteiger partial charge in [0.15, 0.2) is 6.10 Å². The normalized spacial score (nSPS) is 12.4. The molecule has 0 radical (unpaired) electrons. The van der Waals surface area contributed by atoms with Crippen LogP contribution in [0, 0.1) is 0 Å². The first-order chi connectivity index (χ1) is 28.0. The van der Waals surface area contributed by atoms with E-state index in [4.69, 9.17) is 14.2 Å². The fraction of sp³-hybridized carbons (Fsp3) is 0.784. The molecule has 0 aliphatic heterocycles. The van der Waals surface area contributed by atoms with Crippen molar-refractivity contribution < 1.29 is 28.6 Å². The van der Waals surface area contributed by atoms with E-state index in [2.05, 4.69) is 69.4 Å². The molecule has 0 saturated heterocycles. The fourth-order valence-corrected chi connectivity index (χ4v) is 6.68. The highest BCUT2D eigenvalue weighted by Crippen LogP contribution is 2.15. The van der Waals surface area contributed by atoms with Crippen LogP contribution in [0.15, 0.2) is 48.6 Å². The SMILES string of the molecule is CC/C=C\C/C=C\C/C=C\CCCC(=O)OC(COC(=O)CCCCCCC/C=C\CCCC)COC(=O)CCCCCCCCCCCCCCCCCCC. The zero-order valence-electron chi connectivity index (χ0n) is 37.6. The van der Waals surface area contributed by atoms with E-state index in [-0.39, 0.29) is 37.5 Å². The van der Waals surface area contributed by atoms with Crippen LogP contribution in [-0.4, -0.2) is 37.2 Å².